The molecule has 2 unspecified atom stereocenters. The van der Waals surface area contributed by atoms with Crippen LogP contribution in [0.4, 0.5) is 10.1 Å². The molecule has 1 aromatic heterocycles. The Morgan fingerprint density at radius 1 is 1.25 bits per heavy atom. The summed E-state index contributed by atoms with van der Waals surface area (Å²) in [6, 6.07) is 14.1. The zero-order valence-corrected chi connectivity index (χ0v) is 16.5. The SMILES string of the molecule is Cc1nn(Cc2cccc(F)c2)c(C)c1NC(=O)C1CC1c1ccc(Cl)cc1. The van der Waals surface area contributed by atoms with Gasteiger partial charge in [-0.3, -0.25) is 9.48 Å². The van der Waals surface area contributed by atoms with Crippen molar-refractivity contribution in [3.8, 4) is 0 Å². The van der Waals surface area contributed by atoms with Gasteiger partial charge in [0.15, 0.2) is 0 Å². The second-order valence-electron chi connectivity index (χ2n) is 7.32. The van der Waals surface area contributed by atoms with Gasteiger partial charge in [0.05, 0.1) is 23.6 Å². The molecule has 3 aromatic rings. The number of rotatable bonds is 5. The summed E-state index contributed by atoms with van der Waals surface area (Å²) in [6.07, 6.45) is 0.836. The zero-order valence-electron chi connectivity index (χ0n) is 15.7. The third-order valence-electron chi connectivity index (χ3n) is 5.28. The van der Waals surface area contributed by atoms with Crippen LogP contribution in [0.2, 0.25) is 5.02 Å². The summed E-state index contributed by atoms with van der Waals surface area (Å²) in [5.74, 6) is -0.0576. The highest BCUT2D eigenvalue weighted by atomic mass is 35.5. The number of hydrogen-bond acceptors (Lipinski definition) is 2. The average molecular weight is 398 g/mol. The minimum absolute atomic E-state index is 0.0106. The smallest absolute Gasteiger partial charge is 0.228 e. The van der Waals surface area contributed by atoms with Crippen LogP contribution in [-0.2, 0) is 11.3 Å². The number of aromatic nitrogens is 2. The number of carbonyl (C=O) groups excluding carboxylic acids is 1. The van der Waals surface area contributed by atoms with Gasteiger partial charge < -0.3 is 5.32 Å². The van der Waals surface area contributed by atoms with Gasteiger partial charge in [0, 0.05) is 10.9 Å². The first-order valence-corrected chi connectivity index (χ1v) is 9.65. The number of carbonyl (C=O) groups is 1. The highest BCUT2D eigenvalue weighted by Gasteiger charge is 2.44. The molecule has 1 amide bonds. The van der Waals surface area contributed by atoms with Gasteiger partial charge in [0.25, 0.3) is 0 Å². The zero-order chi connectivity index (χ0) is 19.8. The van der Waals surface area contributed by atoms with Gasteiger partial charge >= 0.3 is 0 Å². The van der Waals surface area contributed by atoms with Gasteiger partial charge in [-0.25, -0.2) is 4.39 Å². The van der Waals surface area contributed by atoms with E-state index in [4.69, 9.17) is 11.6 Å². The topological polar surface area (TPSA) is 46.9 Å². The first-order chi connectivity index (χ1) is 13.4. The quantitative estimate of drug-likeness (QED) is 0.652. The van der Waals surface area contributed by atoms with E-state index in [1.54, 1.807) is 10.7 Å². The maximum atomic E-state index is 13.4. The Labute approximate surface area is 168 Å². The molecule has 0 aliphatic heterocycles. The number of nitrogens with one attached hydrogen (secondary N) is 1. The predicted octanol–water partition coefficient (Wildman–Crippen LogP) is 5.08. The van der Waals surface area contributed by atoms with Crippen molar-refractivity contribution in [1.82, 2.24) is 9.78 Å². The maximum absolute atomic E-state index is 13.4. The normalized spacial score (nSPS) is 18.1. The molecule has 0 bridgehead atoms. The predicted molar refractivity (Wildman–Crippen MR) is 108 cm³/mol. The maximum Gasteiger partial charge on any atom is 0.228 e. The van der Waals surface area contributed by atoms with E-state index in [-0.39, 0.29) is 23.6 Å². The first kappa shape index (κ1) is 18.7. The Hall–Kier alpha value is -2.66. The second-order valence-corrected chi connectivity index (χ2v) is 7.76. The first-order valence-electron chi connectivity index (χ1n) is 9.27. The minimum Gasteiger partial charge on any atom is -0.323 e. The van der Waals surface area contributed by atoms with E-state index in [0.29, 0.717) is 11.6 Å². The lowest BCUT2D eigenvalue weighted by atomic mass is 10.1. The van der Waals surface area contributed by atoms with Gasteiger partial charge in [0.2, 0.25) is 5.91 Å². The van der Waals surface area contributed by atoms with Crippen LogP contribution in [0.25, 0.3) is 0 Å². The molecule has 2 atom stereocenters. The molecule has 28 heavy (non-hydrogen) atoms. The fraction of sp³-hybridized carbons (Fsp3) is 0.273. The number of halogens is 2. The number of anilines is 1. The standard InChI is InChI=1S/C22H21ClFN3O/c1-13-21(14(2)27(26-13)12-15-4-3-5-18(24)10-15)25-22(28)20-11-19(20)16-6-8-17(23)9-7-16/h3-10,19-20H,11-12H2,1-2H3,(H,25,28). The molecule has 0 radical (unpaired) electrons. The van der Waals surface area contributed by atoms with Crippen molar-refractivity contribution in [1.29, 1.82) is 0 Å². The molecule has 2 aromatic carbocycles. The molecule has 1 saturated carbocycles. The largest absolute Gasteiger partial charge is 0.323 e. The van der Waals surface area contributed by atoms with Gasteiger partial charge in [0.1, 0.15) is 5.82 Å². The van der Waals surface area contributed by atoms with Gasteiger partial charge in [-0.15, -0.1) is 0 Å². The van der Waals surface area contributed by atoms with Crippen LogP contribution in [0.1, 0.15) is 34.9 Å². The van der Waals surface area contributed by atoms with E-state index in [2.05, 4.69) is 10.4 Å². The van der Waals surface area contributed by atoms with E-state index in [1.807, 2.05) is 44.2 Å². The molecule has 144 valence electrons. The van der Waals surface area contributed by atoms with Crippen LogP contribution in [0, 0.1) is 25.6 Å². The molecule has 1 N–H and O–H groups in total. The Morgan fingerprint density at radius 2 is 2.00 bits per heavy atom. The number of amides is 1. The number of hydrogen-bond donors (Lipinski definition) is 1. The van der Waals surface area contributed by atoms with E-state index in [0.717, 1.165) is 34.6 Å². The Morgan fingerprint density at radius 3 is 2.71 bits per heavy atom. The Balaban J connectivity index is 1.46. The number of aryl methyl sites for hydroxylation is 1. The third-order valence-corrected chi connectivity index (χ3v) is 5.53. The summed E-state index contributed by atoms with van der Waals surface area (Å²) in [5, 5.41) is 8.26. The second kappa shape index (κ2) is 7.40. The van der Waals surface area contributed by atoms with Crippen molar-refractivity contribution in [2.75, 3.05) is 5.32 Å². The molecule has 1 fully saturated rings. The van der Waals surface area contributed by atoms with E-state index in [1.165, 1.54) is 12.1 Å². The summed E-state index contributed by atoms with van der Waals surface area (Å²) < 4.78 is 15.2. The lowest BCUT2D eigenvalue weighted by Crippen LogP contribution is -2.16. The van der Waals surface area contributed by atoms with Gasteiger partial charge in [-0.2, -0.15) is 5.10 Å². The van der Waals surface area contributed by atoms with Crippen molar-refractivity contribution in [3.63, 3.8) is 0 Å². The summed E-state index contributed by atoms with van der Waals surface area (Å²) in [7, 11) is 0. The van der Waals surface area contributed by atoms with Crippen molar-refractivity contribution in [3.05, 3.63) is 81.9 Å². The Kier molecular flexibility index (Phi) is 4.94. The van der Waals surface area contributed by atoms with Crippen molar-refractivity contribution < 1.29 is 9.18 Å². The van der Waals surface area contributed by atoms with E-state index >= 15 is 0 Å². The lowest BCUT2D eigenvalue weighted by molar-refractivity contribution is -0.117. The molecule has 6 heteroatoms. The molecule has 1 aliphatic carbocycles. The van der Waals surface area contributed by atoms with E-state index < -0.39 is 0 Å². The van der Waals surface area contributed by atoms with Crippen molar-refractivity contribution in [2.45, 2.75) is 32.7 Å². The Bertz CT molecular complexity index is 1030. The van der Waals surface area contributed by atoms with Crippen molar-refractivity contribution in [2.24, 2.45) is 5.92 Å². The average Bonchev–Trinajstić information content (AvgIpc) is 3.41. The molecular weight excluding hydrogens is 377 g/mol. The highest BCUT2D eigenvalue weighted by Crippen LogP contribution is 2.48. The summed E-state index contributed by atoms with van der Waals surface area (Å²) >= 11 is 5.94. The molecule has 0 saturated heterocycles. The lowest BCUT2D eigenvalue weighted by Gasteiger charge is -2.08. The summed E-state index contributed by atoms with van der Waals surface area (Å²) in [5.41, 5.74) is 4.32. The summed E-state index contributed by atoms with van der Waals surface area (Å²) in [6.45, 7) is 4.24. The van der Waals surface area contributed by atoms with Gasteiger partial charge in [-0.1, -0.05) is 35.9 Å². The highest BCUT2D eigenvalue weighted by molar-refractivity contribution is 6.30. The fourth-order valence-electron chi connectivity index (χ4n) is 3.62. The molecule has 0 spiro atoms. The molecule has 1 heterocycles. The number of nitrogens with zero attached hydrogens (tertiary/aromatic N) is 2. The summed E-state index contributed by atoms with van der Waals surface area (Å²) in [4.78, 5) is 12.7. The van der Waals surface area contributed by atoms with Crippen LogP contribution in [0.5, 0.6) is 0 Å². The fourth-order valence-corrected chi connectivity index (χ4v) is 3.75. The molecular formula is C22H21ClFN3O. The number of benzene rings is 2. The molecule has 4 rings (SSSR count). The van der Waals surface area contributed by atoms with Crippen LogP contribution < -0.4 is 5.32 Å². The minimum atomic E-state index is -0.269. The van der Waals surface area contributed by atoms with Crippen LogP contribution in [0.15, 0.2) is 48.5 Å². The van der Waals surface area contributed by atoms with Crippen molar-refractivity contribution >= 4 is 23.2 Å². The van der Waals surface area contributed by atoms with E-state index in [9.17, 15) is 9.18 Å². The van der Waals surface area contributed by atoms with Crippen LogP contribution in [0.3, 0.4) is 0 Å². The van der Waals surface area contributed by atoms with Crippen LogP contribution in [-0.4, -0.2) is 15.7 Å². The molecule has 1 aliphatic rings. The third kappa shape index (κ3) is 3.80. The van der Waals surface area contributed by atoms with Crippen LogP contribution >= 0.6 is 11.6 Å². The van der Waals surface area contributed by atoms with Gasteiger partial charge in [-0.05, 0) is 61.6 Å². The molecule has 4 nitrogen and oxygen atoms in total. The monoisotopic (exact) mass is 397 g/mol.